The lowest BCUT2D eigenvalue weighted by Gasteiger charge is -2.21. The van der Waals surface area contributed by atoms with Gasteiger partial charge < -0.3 is 8.83 Å². The van der Waals surface area contributed by atoms with Gasteiger partial charge in [0.05, 0.1) is 17.7 Å². The summed E-state index contributed by atoms with van der Waals surface area (Å²) in [6, 6.07) is 19.8. The van der Waals surface area contributed by atoms with Crippen molar-refractivity contribution in [2.24, 2.45) is 0 Å². The average molecular weight is 436 g/mol. The van der Waals surface area contributed by atoms with Crippen molar-refractivity contribution >= 4 is 21.4 Å². The van der Waals surface area contributed by atoms with Crippen LogP contribution in [-0.4, -0.2) is 14.3 Å². The molecule has 2 aromatic heterocycles. The van der Waals surface area contributed by atoms with E-state index >= 15 is 0 Å². The molecule has 1 amide bonds. The quantitative estimate of drug-likeness (QED) is 0.417. The first-order valence-corrected chi connectivity index (χ1v) is 11.2. The van der Waals surface area contributed by atoms with Gasteiger partial charge in [-0.1, -0.05) is 24.3 Å². The van der Waals surface area contributed by atoms with Crippen LogP contribution in [0.2, 0.25) is 0 Å². The number of carbonyl (C=O) groups is 1. The summed E-state index contributed by atoms with van der Waals surface area (Å²) in [5.41, 5.74) is 2.79. The van der Waals surface area contributed by atoms with E-state index in [1.54, 1.807) is 30.3 Å². The molecule has 2 heterocycles. The number of amides is 1. The fourth-order valence-electron chi connectivity index (χ4n) is 3.16. The molecular weight excluding hydrogens is 414 g/mol. The Hall–Kier alpha value is -3.58. The second-order valence-corrected chi connectivity index (χ2v) is 9.06. The second-order valence-electron chi connectivity index (χ2n) is 7.17. The number of carbonyl (C=O) groups excluding carboxylic acids is 1. The molecule has 4 aromatic rings. The third-order valence-electron chi connectivity index (χ3n) is 5.05. The minimum absolute atomic E-state index is 0.0701. The van der Waals surface area contributed by atoms with Crippen LogP contribution in [-0.2, 0) is 16.4 Å². The van der Waals surface area contributed by atoms with Gasteiger partial charge in [0.2, 0.25) is 14.9 Å². The lowest BCUT2D eigenvalue weighted by Crippen LogP contribution is -2.30. The number of sulfone groups is 1. The molecule has 2 aromatic carbocycles. The van der Waals surface area contributed by atoms with Gasteiger partial charge in [0.1, 0.15) is 5.76 Å². The molecule has 31 heavy (non-hydrogen) atoms. The number of benzene rings is 2. The molecule has 158 valence electrons. The molecule has 0 aliphatic carbocycles. The molecule has 7 heteroatoms. The zero-order valence-electron chi connectivity index (χ0n) is 17.1. The number of hydrogen-bond donors (Lipinski definition) is 0. The number of aryl methyl sites for hydroxylation is 2. The van der Waals surface area contributed by atoms with Crippen LogP contribution in [0, 0.1) is 13.8 Å². The van der Waals surface area contributed by atoms with Crippen LogP contribution in [0.3, 0.4) is 0 Å². The van der Waals surface area contributed by atoms with E-state index in [0.717, 1.165) is 11.1 Å². The fourth-order valence-corrected chi connectivity index (χ4v) is 4.35. The average Bonchev–Trinajstić information content (AvgIpc) is 3.47. The maximum absolute atomic E-state index is 13.3. The van der Waals surface area contributed by atoms with Gasteiger partial charge in [-0.2, -0.15) is 0 Å². The Labute approximate surface area is 180 Å². The highest BCUT2D eigenvalue weighted by atomic mass is 32.2. The number of rotatable bonds is 6. The van der Waals surface area contributed by atoms with Gasteiger partial charge in [0.25, 0.3) is 5.91 Å². The number of furan rings is 2. The topological polar surface area (TPSA) is 80.7 Å². The van der Waals surface area contributed by atoms with Crippen molar-refractivity contribution in [3.63, 3.8) is 0 Å². The Morgan fingerprint density at radius 1 is 0.903 bits per heavy atom. The summed E-state index contributed by atoms with van der Waals surface area (Å²) in [7, 11) is -3.86. The highest BCUT2D eigenvalue weighted by Crippen LogP contribution is 2.27. The van der Waals surface area contributed by atoms with E-state index in [-0.39, 0.29) is 22.3 Å². The van der Waals surface area contributed by atoms with Crippen molar-refractivity contribution < 1.29 is 22.0 Å². The smallest absolute Gasteiger partial charge is 0.294 e. The van der Waals surface area contributed by atoms with E-state index in [1.807, 2.05) is 32.0 Å². The Morgan fingerprint density at radius 3 is 2.35 bits per heavy atom. The van der Waals surface area contributed by atoms with Crippen molar-refractivity contribution in [1.82, 2.24) is 0 Å². The molecule has 0 atom stereocenters. The zero-order valence-corrected chi connectivity index (χ0v) is 17.9. The molecule has 0 saturated heterocycles. The van der Waals surface area contributed by atoms with E-state index < -0.39 is 15.7 Å². The monoisotopic (exact) mass is 435 g/mol. The first kappa shape index (κ1) is 20.7. The third kappa shape index (κ3) is 4.18. The summed E-state index contributed by atoms with van der Waals surface area (Å²) < 4.78 is 36.6. The predicted molar refractivity (Wildman–Crippen MR) is 116 cm³/mol. The van der Waals surface area contributed by atoms with Gasteiger partial charge in [-0.25, -0.2) is 8.42 Å². The molecule has 0 aliphatic heterocycles. The van der Waals surface area contributed by atoms with E-state index in [0.29, 0.717) is 11.4 Å². The highest BCUT2D eigenvalue weighted by Gasteiger charge is 2.27. The van der Waals surface area contributed by atoms with Crippen LogP contribution < -0.4 is 4.90 Å². The summed E-state index contributed by atoms with van der Waals surface area (Å²) in [6.07, 6.45) is 1.54. The van der Waals surface area contributed by atoms with E-state index in [1.165, 1.54) is 35.4 Å². The van der Waals surface area contributed by atoms with Crippen LogP contribution in [0.1, 0.15) is 27.4 Å². The van der Waals surface area contributed by atoms with Crippen molar-refractivity contribution in [1.29, 1.82) is 0 Å². The summed E-state index contributed by atoms with van der Waals surface area (Å²) in [6.45, 7) is 4.13. The molecule has 0 fully saturated rings. The van der Waals surface area contributed by atoms with E-state index in [4.69, 9.17) is 8.83 Å². The van der Waals surface area contributed by atoms with E-state index in [9.17, 15) is 13.2 Å². The van der Waals surface area contributed by atoms with Crippen LogP contribution >= 0.6 is 0 Å². The summed E-state index contributed by atoms with van der Waals surface area (Å²) >= 11 is 0. The third-order valence-corrected chi connectivity index (χ3v) is 6.69. The molecule has 0 aliphatic rings. The van der Waals surface area contributed by atoms with Crippen LogP contribution in [0.5, 0.6) is 0 Å². The standard InChI is InChI=1S/C24H21NO5S/c1-17-10-11-19(15-18(17)2)25(16-20-7-6-14-29-20)24(26)22-12-13-23(30-22)31(27,28)21-8-4-3-5-9-21/h3-15H,16H2,1-2H3. The minimum Gasteiger partial charge on any atom is -0.467 e. The van der Waals surface area contributed by atoms with Crippen LogP contribution in [0.25, 0.3) is 0 Å². The molecular formula is C24H21NO5S. The van der Waals surface area contributed by atoms with Crippen molar-refractivity contribution in [3.8, 4) is 0 Å². The van der Waals surface area contributed by atoms with Crippen molar-refractivity contribution in [2.45, 2.75) is 30.4 Å². The van der Waals surface area contributed by atoms with Gasteiger partial charge >= 0.3 is 0 Å². The molecule has 0 bridgehead atoms. The summed E-state index contributed by atoms with van der Waals surface area (Å²) in [5, 5.41) is -0.278. The first-order valence-electron chi connectivity index (χ1n) is 9.68. The molecule has 0 unspecified atom stereocenters. The maximum Gasteiger partial charge on any atom is 0.294 e. The SMILES string of the molecule is Cc1ccc(N(Cc2ccco2)C(=O)c2ccc(S(=O)(=O)c3ccccc3)o2)cc1C. The lowest BCUT2D eigenvalue weighted by molar-refractivity contribution is 0.0951. The predicted octanol–water partition coefficient (Wildman–Crippen LogP) is 5.17. The molecule has 0 radical (unpaired) electrons. The number of anilines is 1. The number of hydrogen-bond acceptors (Lipinski definition) is 5. The largest absolute Gasteiger partial charge is 0.467 e. The first-order chi connectivity index (χ1) is 14.9. The Kier molecular flexibility index (Phi) is 5.52. The minimum atomic E-state index is -3.86. The summed E-state index contributed by atoms with van der Waals surface area (Å²) in [5.74, 6) is 0.0590. The van der Waals surface area contributed by atoms with Gasteiger partial charge in [-0.15, -0.1) is 0 Å². The molecule has 0 spiro atoms. The van der Waals surface area contributed by atoms with E-state index in [2.05, 4.69) is 0 Å². The Morgan fingerprint density at radius 2 is 1.68 bits per heavy atom. The second kappa shape index (κ2) is 8.28. The van der Waals surface area contributed by atoms with Gasteiger partial charge in [-0.3, -0.25) is 9.69 Å². The Bertz CT molecular complexity index is 1310. The van der Waals surface area contributed by atoms with Gasteiger partial charge in [0.15, 0.2) is 5.76 Å². The fraction of sp³-hybridized carbons (Fsp3) is 0.125. The van der Waals surface area contributed by atoms with Crippen molar-refractivity contribution in [3.05, 3.63) is 102 Å². The molecule has 6 nitrogen and oxygen atoms in total. The maximum atomic E-state index is 13.3. The van der Waals surface area contributed by atoms with Crippen molar-refractivity contribution in [2.75, 3.05) is 4.90 Å². The Balaban J connectivity index is 1.70. The zero-order chi connectivity index (χ0) is 22.0. The van der Waals surface area contributed by atoms with Crippen LogP contribution in [0.4, 0.5) is 5.69 Å². The van der Waals surface area contributed by atoms with Crippen LogP contribution in [0.15, 0.2) is 97.9 Å². The molecule has 4 rings (SSSR count). The molecule has 0 N–H and O–H groups in total. The molecule has 0 saturated carbocycles. The van der Waals surface area contributed by atoms with Gasteiger partial charge in [-0.05, 0) is 73.5 Å². The highest BCUT2D eigenvalue weighted by molar-refractivity contribution is 7.91. The number of nitrogens with zero attached hydrogens (tertiary/aromatic N) is 1. The lowest BCUT2D eigenvalue weighted by atomic mass is 10.1. The summed E-state index contributed by atoms with van der Waals surface area (Å²) in [4.78, 5) is 14.9. The normalized spacial score (nSPS) is 11.4. The van der Waals surface area contributed by atoms with Gasteiger partial charge in [0, 0.05) is 5.69 Å².